The molecule has 0 amide bonds. The number of aromatic nitrogens is 1. The van der Waals surface area contributed by atoms with E-state index < -0.39 is 0 Å². The Bertz CT molecular complexity index is 270. The third-order valence-corrected chi connectivity index (χ3v) is 2.99. The van der Waals surface area contributed by atoms with Crippen molar-refractivity contribution in [1.29, 1.82) is 0 Å². The van der Waals surface area contributed by atoms with Crippen LogP contribution in [0.5, 0.6) is 0 Å². The highest BCUT2D eigenvalue weighted by Crippen LogP contribution is 2.19. The van der Waals surface area contributed by atoms with Gasteiger partial charge in [-0.05, 0) is 18.1 Å². The van der Waals surface area contributed by atoms with E-state index in [1.165, 1.54) is 0 Å². The van der Waals surface area contributed by atoms with Crippen molar-refractivity contribution in [2.45, 2.75) is 11.9 Å². The standard InChI is InChI=1S/C9H12ClNOS/c1-7(5-12)6-13-9-4-2-3-8(10)11-9/h2-4,7,12H,5-6H2,1H3. The van der Waals surface area contributed by atoms with Crippen LogP contribution in [-0.2, 0) is 0 Å². The van der Waals surface area contributed by atoms with Crippen molar-refractivity contribution in [1.82, 2.24) is 4.98 Å². The molecule has 0 bridgehead atoms. The molecule has 1 heterocycles. The lowest BCUT2D eigenvalue weighted by molar-refractivity contribution is 0.250. The Balaban J connectivity index is 2.45. The molecule has 0 aromatic carbocycles. The molecule has 0 radical (unpaired) electrons. The van der Waals surface area contributed by atoms with Gasteiger partial charge in [-0.2, -0.15) is 0 Å². The first-order chi connectivity index (χ1) is 6.22. The highest BCUT2D eigenvalue weighted by Gasteiger charge is 2.02. The Morgan fingerprint density at radius 2 is 2.38 bits per heavy atom. The summed E-state index contributed by atoms with van der Waals surface area (Å²) in [6.07, 6.45) is 0. The predicted molar refractivity (Wildman–Crippen MR) is 56.2 cm³/mol. The van der Waals surface area contributed by atoms with Crippen LogP contribution in [0.4, 0.5) is 0 Å². The van der Waals surface area contributed by atoms with Crippen molar-refractivity contribution >= 4 is 23.4 Å². The molecular weight excluding hydrogens is 206 g/mol. The Morgan fingerprint density at radius 3 is 3.00 bits per heavy atom. The van der Waals surface area contributed by atoms with Gasteiger partial charge in [0, 0.05) is 12.4 Å². The maximum Gasteiger partial charge on any atom is 0.130 e. The zero-order chi connectivity index (χ0) is 9.68. The van der Waals surface area contributed by atoms with Gasteiger partial charge in [0.1, 0.15) is 5.15 Å². The molecule has 2 nitrogen and oxygen atoms in total. The molecule has 1 aromatic heterocycles. The highest BCUT2D eigenvalue weighted by molar-refractivity contribution is 7.99. The van der Waals surface area contributed by atoms with Crippen molar-refractivity contribution in [2.75, 3.05) is 12.4 Å². The summed E-state index contributed by atoms with van der Waals surface area (Å²) < 4.78 is 0. The van der Waals surface area contributed by atoms with Crippen molar-refractivity contribution in [3.05, 3.63) is 23.4 Å². The lowest BCUT2D eigenvalue weighted by Gasteiger charge is -2.05. The number of pyridine rings is 1. The molecule has 1 rings (SSSR count). The van der Waals surface area contributed by atoms with Crippen LogP contribution in [-0.4, -0.2) is 22.5 Å². The summed E-state index contributed by atoms with van der Waals surface area (Å²) in [5.41, 5.74) is 0. The quantitative estimate of drug-likeness (QED) is 0.621. The van der Waals surface area contributed by atoms with Gasteiger partial charge in [-0.15, -0.1) is 11.8 Å². The van der Waals surface area contributed by atoms with Crippen LogP contribution in [0.2, 0.25) is 5.15 Å². The predicted octanol–water partition coefficient (Wildman–Crippen LogP) is 2.46. The molecule has 1 unspecified atom stereocenters. The fourth-order valence-electron chi connectivity index (χ4n) is 0.750. The Kier molecular flexibility index (Phi) is 4.56. The van der Waals surface area contributed by atoms with Crippen molar-refractivity contribution < 1.29 is 5.11 Å². The molecule has 0 aliphatic carbocycles. The van der Waals surface area contributed by atoms with Gasteiger partial charge in [-0.25, -0.2) is 4.98 Å². The van der Waals surface area contributed by atoms with Gasteiger partial charge >= 0.3 is 0 Å². The van der Waals surface area contributed by atoms with Gasteiger partial charge < -0.3 is 5.11 Å². The third kappa shape index (κ3) is 3.98. The number of halogens is 1. The van der Waals surface area contributed by atoms with Gasteiger partial charge in [0.25, 0.3) is 0 Å². The molecular formula is C9H12ClNOS. The summed E-state index contributed by atoms with van der Waals surface area (Å²) in [4.78, 5) is 4.13. The van der Waals surface area contributed by atoms with Crippen molar-refractivity contribution in [2.24, 2.45) is 5.92 Å². The van der Waals surface area contributed by atoms with Crippen LogP contribution in [0.15, 0.2) is 23.2 Å². The van der Waals surface area contributed by atoms with E-state index >= 15 is 0 Å². The molecule has 0 spiro atoms. The van der Waals surface area contributed by atoms with E-state index in [4.69, 9.17) is 16.7 Å². The average molecular weight is 218 g/mol. The fourth-order valence-corrected chi connectivity index (χ4v) is 1.86. The van der Waals surface area contributed by atoms with Crippen molar-refractivity contribution in [3.8, 4) is 0 Å². The summed E-state index contributed by atoms with van der Waals surface area (Å²) in [5, 5.41) is 10.2. The summed E-state index contributed by atoms with van der Waals surface area (Å²) in [6, 6.07) is 5.54. The maximum absolute atomic E-state index is 8.81. The zero-order valence-electron chi connectivity index (χ0n) is 7.40. The molecule has 0 aliphatic heterocycles. The highest BCUT2D eigenvalue weighted by atomic mass is 35.5. The minimum Gasteiger partial charge on any atom is -0.396 e. The van der Waals surface area contributed by atoms with Gasteiger partial charge in [-0.3, -0.25) is 0 Å². The first kappa shape index (κ1) is 10.8. The van der Waals surface area contributed by atoms with E-state index in [1.807, 2.05) is 19.1 Å². The van der Waals surface area contributed by atoms with Gasteiger partial charge in [0.2, 0.25) is 0 Å². The van der Waals surface area contributed by atoms with E-state index in [-0.39, 0.29) is 6.61 Å². The first-order valence-electron chi connectivity index (χ1n) is 4.08. The van der Waals surface area contributed by atoms with Crippen LogP contribution < -0.4 is 0 Å². The number of rotatable bonds is 4. The minimum atomic E-state index is 0.216. The Labute approximate surface area is 87.3 Å². The van der Waals surface area contributed by atoms with Crippen molar-refractivity contribution in [3.63, 3.8) is 0 Å². The summed E-state index contributed by atoms with van der Waals surface area (Å²) in [6.45, 7) is 2.21. The normalized spacial score (nSPS) is 12.8. The lowest BCUT2D eigenvalue weighted by Crippen LogP contribution is -2.03. The molecule has 0 saturated heterocycles. The number of thioether (sulfide) groups is 1. The third-order valence-electron chi connectivity index (χ3n) is 1.52. The second-order valence-corrected chi connectivity index (χ2v) is 4.32. The number of hydrogen-bond acceptors (Lipinski definition) is 3. The lowest BCUT2D eigenvalue weighted by atomic mass is 10.2. The monoisotopic (exact) mass is 217 g/mol. The Hall–Kier alpha value is -0.250. The maximum atomic E-state index is 8.81. The van der Waals surface area contributed by atoms with Gasteiger partial charge in [0.05, 0.1) is 5.03 Å². The molecule has 0 fully saturated rings. The number of hydrogen-bond donors (Lipinski definition) is 1. The number of aliphatic hydroxyl groups excluding tert-OH is 1. The second-order valence-electron chi connectivity index (χ2n) is 2.90. The van der Waals surface area contributed by atoms with E-state index in [0.29, 0.717) is 11.1 Å². The second kappa shape index (κ2) is 5.47. The summed E-state index contributed by atoms with van der Waals surface area (Å²) >= 11 is 7.33. The molecule has 1 N–H and O–H groups in total. The topological polar surface area (TPSA) is 33.1 Å². The number of aliphatic hydroxyl groups is 1. The number of nitrogens with zero attached hydrogens (tertiary/aromatic N) is 1. The van der Waals surface area contributed by atoms with Crippen LogP contribution >= 0.6 is 23.4 Å². The van der Waals surface area contributed by atoms with Gasteiger partial charge in [0.15, 0.2) is 0 Å². The SMILES string of the molecule is CC(CO)CSc1cccc(Cl)n1. The molecule has 0 saturated carbocycles. The zero-order valence-corrected chi connectivity index (χ0v) is 8.98. The van der Waals surface area contributed by atoms with E-state index in [1.54, 1.807) is 17.8 Å². The van der Waals surface area contributed by atoms with Gasteiger partial charge in [-0.1, -0.05) is 24.6 Å². The van der Waals surface area contributed by atoms with Crippen LogP contribution in [0.3, 0.4) is 0 Å². The molecule has 0 aliphatic rings. The van der Waals surface area contributed by atoms with Crippen LogP contribution in [0.25, 0.3) is 0 Å². The van der Waals surface area contributed by atoms with E-state index in [0.717, 1.165) is 10.8 Å². The summed E-state index contributed by atoms with van der Waals surface area (Å²) in [7, 11) is 0. The summed E-state index contributed by atoms with van der Waals surface area (Å²) in [5.74, 6) is 1.16. The van der Waals surface area contributed by atoms with Crippen LogP contribution in [0.1, 0.15) is 6.92 Å². The van der Waals surface area contributed by atoms with E-state index in [2.05, 4.69) is 4.98 Å². The molecule has 1 atom stereocenters. The fraction of sp³-hybridized carbons (Fsp3) is 0.444. The molecule has 4 heteroatoms. The Morgan fingerprint density at radius 1 is 1.62 bits per heavy atom. The largest absolute Gasteiger partial charge is 0.396 e. The first-order valence-corrected chi connectivity index (χ1v) is 5.45. The molecule has 72 valence electrons. The average Bonchev–Trinajstić information content (AvgIpc) is 2.14. The smallest absolute Gasteiger partial charge is 0.130 e. The molecule has 1 aromatic rings. The molecule has 13 heavy (non-hydrogen) atoms. The minimum absolute atomic E-state index is 0.216. The van der Waals surface area contributed by atoms with E-state index in [9.17, 15) is 0 Å². The van der Waals surface area contributed by atoms with Crippen LogP contribution in [0, 0.1) is 5.92 Å².